The number of rotatable bonds is 15. The molecule has 0 unspecified atom stereocenters. The maximum atomic E-state index is 11.2. The van der Waals surface area contributed by atoms with E-state index in [-0.39, 0.29) is 5.97 Å². The normalized spacial score (nSPS) is 12.4. The van der Waals surface area contributed by atoms with Crippen LogP contribution in [0.3, 0.4) is 0 Å². The van der Waals surface area contributed by atoms with Gasteiger partial charge in [0.05, 0.1) is 19.8 Å². The zero-order chi connectivity index (χ0) is 27.9. The highest BCUT2D eigenvalue weighted by Crippen LogP contribution is 2.32. The topological polar surface area (TPSA) is 65.1 Å². The molecule has 0 aliphatic heterocycles. The smallest absolute Gasteiger partial charge is 0.330 e. The van der Waals surface area contributed by atoms with E-state index in [2.05, 4.69) is 85.7 Å². The van der Waals surface area contributed by atoms with Crippen molar-refractivity contribution >= 4 is 23.3 Å². The van der Waals surface area contributed by atoms with Gasteiger partial charge in [-0.25, -0.2) is 9.59 Å². The summed E-state index contributed by atoms with van der Waals surface area (Å²) < 4.78 is 16.0. The molecule has 39 heavy (non-hydrogen) atoms. The summed E-state index contributed by atoms with van der Waals surface area (Å²) in [5.74, 6) is -0.0136. The van der Waals surface area contributed by atoms with Crippen molar-refractivity contribution in [3.05, 3.63) is 121 Å². The molecular weight excluding hydrogens is 490 g/mol. The molecule has 3 rings (SSSR count). The minimum atomic E-state index is -0.423. The van der Waals surface area contributed by atoms with Gasteiger partial charge in [0.15, 0.2) is 0 Å². The molecule has 0 aromatic heterocycles. The Morgan fingerprint density at radius 2 is 1.41 bits per heavy atom. The molecule has 204 valence electrons. The lowest BCUT2D eigenvalue weighted by atomic mass is 10.1. The van der Waals surface area contributed by atoms with Crippen molar-refractivity contribution in [1.29, 1.82) is 0 Å². The third-order valence-corrected chi connectivity index (χ3v) is 6.05. The number of benzene rings is 2. The van der Waals surface area contributed by atoms with Gasteiger partial charge >= 0.3 is 11.9 Å². The zero-order valence-electron chi connectivity index (χ0n) is 22.6. The van der Waals surface area contributed by atoms with Crippen LogP contribution in [0, 0.1) is 6.92 Å². The molecule has 1 aliphatic rings. The first-order valence-electron chi connectivity index (χ1n) is 13.3. The van der Waals surface area contributed by atoms with Gasteiger partial charge in [-0.2, -0.15) is 0 Å². The van der Waals surface area contributed by atoms with Gasteiger partial charge in [-0.1, -0.05) is 49.1 Å². The molecule has 2 aromatic rings. The first-order valence-corrected chi connectivity index (χ1v) is 13.3. The fraction of sp³-hybridized carbons (Fsp3) is 0.273. The SMILES string of the molecule is C=CC(=O)OCCCCc1ccc(N(C2=CCC=C(OCCCOC(=O)C=C)C=C2)c2ccc(C)cc2)cc1. The zero-order valence-corrected chi connectivity index (χ0v) is 22.6. The Morgan fingerprint density at radius 3 is 2.05 bits per heavy atom. The molecule has 0 saturated heterocycles. The van der Waals surface area contributed by atoms with Crippen LogP contribution in [-0.2, 0) is 30.2 Å². The maximum absolute atomic E-state index is 11.2. The highest BCUT2D eigenvalue weighted by molar-refractivity contribution is 5.81. The molecule has 0 spiro atoms. The van der Waals surface area contributed by atoms with Crippen LogP contribution < -0.4 is 4.90 Å². The van der Waals surface area contributed by atoms with Crippen LogP contribution >= 0.6 is 0 Å². The molecule has 6 heteroatoms. The Labute approximate surface area is 231 Å². The van der Waals surface area contributed by atoms with Gasteiger partial charge in [0, 0.05) is 35.6 Å². The van der Waals surface area contributed by atoms with Gasteiger partial charge in [0.25, 0.3) is 0 Å². The van der Waals surface area contributed by atoms with Gasteiger partial charge in [0.1, 0.15) is 5.76 Å². The Kier molecular flexibility index (Phi) is 11.9. The van der Waals surface area contributed by atoms with Crippen molar-refractivity contribution in [2.75, 3.05) is 24.7 Å². The van der Waals surface area contributed by atoms with E-state index in [1.54, 1.807) is 0 Å². The third kappa shape index (κ3) is 9.82. The van der Waals surface area contributed by atoms with Gasteiger partial charge in [0.2, 0.25) is 0 Å². The summed E-state index contributed by atoms with van der Waals surface area (Å²) >= 11 is 0. The predicted molar refractivity (Wildman–Crippen MR) is 156 cm³/mol. The van der Waals surface area contributed by atoms with Gasteiger partial charge in [-0.15, -0.1) is 0 Å². The van der Waals surface area contributed by atoms with Gasteiger partial charge in [-0.3, -0.25) is 0 Å². The second-order valence-corrected chi connectivity index (χ2v) is 9.04. The number of hydrogen-bond acceptors (Lipinski definition) is 6. The van der Waals surface area contributed by atoms with E-state index >= 15 is 0 Å². The second kappa shape index (κ2) is 15.8. The molecule has 0 radical (unpaired) electrons. The molecule has 0 heterocycles. The standard InChI is InChI=1S/C33H37NO5/c1-4-32(35)38-23-7-6-10-27-15-19-30(20-16-27)34(29-17-13-26(3)14-18-29)28-11-8-12-31(22-21-28)37-24-9-25-39-33(36)5-2/h4-5,11-22H,1-2,6-10,23-25H2,3H3. The van der Waals surface area contributed by atoms with Crippen LogP contribution in [0.2, 0.25) is 0 Å². The molecule has 0 fully saturated rings. The summed E-state index contributed by atoms with van der Waals surface area (Å²) in [6, 6.07) is 17.1. The number of aryl methyl sites for hydroxylation is 2. The van der Waals surface area contributed by atoms with Crippen LogP contribution in [0.1, 0.15) is 36.8 Å². The second-order valence-electron chi connectivity index (χ2n) is 9.04. The number of carbonyl (C=O) groups is 2. The van der Waals surface area contributed by atoms with Crippen LogP contribution in [0.4, 0.5) is 11.4 Å². The van der Waals surface area contributed by atoms with Crippen LogP contribution in [-0.4, -0.2) is 31.8 Å². The molecule has 0 bridgehead atoms. The molecule has 0 saturated carbocycles. The van der Waals surface area contributed by atoms with Crippen molar-refractivity contribution < 1.29 is 23.8 Å². The van der Waals surface area contributed by atoms with E-state index in [0.29, 0.717) is 26.2 Å². The van der Waals surface area contributed by atoms with E-state index in [0.717, 1.165) is 54.6 Å². The number of esters is 2. The molecule has 2 aromatic carbocycles. The fourth-order valence-electron chi connectivity index (χ4n) is 3.97. The summed E-state index contributed by atoms with van der Waals surface area (Å²) in [5, 5.41) is 0. The lowest BCUT2D eigenvalue weighted by Crippen LogP contribution is -2.15. The highest BCUT2D eigenvalue weighted by atomic mass is 16.5. The number of allylic oxidation sites excluding steroid dienone is 4. The Bertz CT molecular complexity index is 1210. The summed E-state index contributed by atoms with van der Waals surface area (Å²) in [7, 11) is 0. The lowest BCUT2D eigenvalue weighted by Gasteiger charge is -2.26. The maximum Gasteiger partial charge on any atom is 0.330 e. The minimum Gasteiger partial charge on any atom is -0.494 e. The largest absolute Gasteiger partial charge is 0.494 e. The summed E-state index contributed by atoms with van der Waals surface area (Å²) in [5.41, 5.74) is 5.62. The van der Waals surface area contributed by atoms with Crippen LogP contribution in [0.5, 0.6) is 0 Å². The minimum absolute atomic E-state index is 0.297. The number of unbranched alkanes of at least 4 members (excludes halogenated alkanes) is 1. The van der Waals surface area contributed by atoms with Crippen molar-refractivity contribution in [3.63, 3.8) is 0 Å². The molecule has 0 atom stereocenters. The average Bonchev–Trinajstić information content (AvgIpc) is 3.19. The number of anilines is 2. The lowest BCUT2D eigenvalue weighted by molar-refractivity contribution is -0.138. The Balaban J connectivity index is 1.65. The number of ether oxygens (including phenoxy) is 3. The first-order chi connectivity index (χ1) is 19.0. The fourth-order valence-corrected chi connectivity index (χ4v) is 3.97. The molecule has 6 nitrogen and oxygen atoms in total. The van der Waals surface area contributed by atoms with E-state index in [9.17, 15) is 9.59 Å². The number of nitrogens with zero attached hydrogens (tertiary/aromatic N) is 1. The first kappa shape index (κ1) is 29.2. The predicted octanol–water partition coefficient (Wildman–Crippen LogP) is 7.05. The van der Waals surface area contributed by atoms with Crippen molar-refractivity contribution in [1.82, 2.24) is 0 Å². The molecular formula is C33H37NO5. The summed E-state index contributed by atoms with van der Waals surface area (Å²) in [4.78, 5) is 24.6. The molecule has 0 N–H and O–H groups in total. The molecule has 1 aliphatic carbocycles. The monoisotopic (exact) mass is 527 g/mol. The molecule has 0 amide bonds. The highest BCUT2D eigenvalue weighted by Gasteiger charge is 2.14. The summed E-state index contributed by atoms with van der Waals surface area (Å²) in [6.07, 6.45) is 14.6. The van der Waals surface area contributed by atoms with Crippen molar-refractivity contribution in [2.45, 2.75) is 39.0 Å². The number of hydrogen-bond donors (Lipinski definition) is 0. The third-order valence-electron chi connectivity index (χ3n) is 6.05. The van der Waals surface area contributed by atoms with E-state index in [4.69, 9.17) is 14.2 Å². The van der Waals surface area contributed by atoms with Crippen LogP contribution in [0.25, 0.3) is 0 Å². The van der Waals surface area contributed by atoms with E-state index in [1.165, 1.54) is 17.2 Å². The van der Waals surface area contributed by atoms with Crippen molar-refractivity contribution in [2.24, 2.45) is 0 Å². The Hall–Kier alpha value is -4.32. The Morgan fingerprint density at radius 1 is 0.795 bits per heavy atom. The van der Waals surface area contributed by atoms with E-state index in [1.807, 2.05) is 12.2 Å². The summed E-state index contributed by atoms with van der Waals surface area (Å²) in [6.45, 7) is 10.0. The average molecular weight is 528 g/mol. The van der Waals surface area contributed by atoms with Crippen molar-refractivity contribution in [3.8, 4) is 0 Å². The number of carbonyl (C=O) groups excluding carboxylic acids is 2. The van der Waals surface area contributed by atoms with Gasteiger partial charge < -0.3 is 19.1 Å². The quantitative estimate of drug-likeness (QED) is 0.140. The van der Waals surface area contributed by atoms with Gasteiger partial charge in [-0.05, 0) is 80.7 Å². The van der Waals surface area contributed by atoms with Crippen LogP contribution in [0.15, 0.2) is 110 Å². The van der Waals surface area contributed by atoms with E-state index < -0.39 is 5.97 Å².